The van der Waals surface area contributed by atoms with E-state index < -0.39 is 10.1 Å². The van der Waals surface area contributed by atoms with Crippen molar-refractivity contribution in [2.75, 3.05) is 6.26 Å². The van der Waals surface area contributed by atoms with Gasteiger partial charge in [0, 0.05) is 6.07 Å². The van der Waals surface area contributed by atoms with Crippen LogP contribution in [0.2, 0.25) is 0 Å². The Labute approximate surface area is 77.9 Å². The van der Waals surface area contributed by atoms with Crippen LogP contribution >= 0.6 is 15.9 Å². The van der Waals surface area contributed by atoms with Crippen LogP contribution < -0.4 is 0 Å². The number of nitrogens with zero attached hydrogens (tertiary/aromatic N) is 1. The second-order valence-electron chi connectivity index (χ2n) is 2.09. The fourth-order valence-corrected chi connectivity index (χ4v) is 1.19. The van der Waals surface area contributed by atoms with E-state index in [0.717, 1.165) is 6.26 Å². The largest absolute Gasteiger partial charge is 0.349 e. The van der Waals surface area contributed by atoms with Gasteiger partial charge in [0.15, 0.2) is 0 Å². The Morgan fingerprint density at radius 1 is 1.75 bits per heavy atom. The molecule has 0 aliphatic rings. The second kappa shape index (κ2) is 3.55. The van der Waals surface area contributed by atoms with E-state index in [1.165, 1.54) is 6.07 Å². The third-order valence-electron chi connectivity index (χ3n) is 0.951. The molecule has 0 bridgehead atoms. The summed E-state index contributed by atoms with van der Waals surface area (Å²) in [6.07, 6.45) is 0.974. The van der Waals surface area contributed by atoms with Gasteiger partial charge in [-0.3, -0.25) is 4.18 Å². The molecule has 1 heterocycles. The van der Waals surface area contributed by atoms with Gasteiger partial charge in [0.05, 0.1) is 6.26 Å². The molecule has 0 amide bonds. The van der Waals surface area contributed by atoms with E-state index in [-0.39, 0.29) is 6.61 Å². The standard InChI is InChI=1S/C5H6BrNO4S/c1-12(8,9)10-3-4-2-5(6)11-7-4/h2H,3H2,1H3. The summed E-state index contributed by atoms with van der Waals surface area (Å²) in [5, 5.41) is 3.51. The van der Waals surface area contributed by atoms with E-state index in [2.05, 4.69) is 29.8 Å². The highest BCUT2D eigenvalue weighted by atomic mass is 79.9. The monoisotopic (exact) mass is 255 g/mol. The van der Waals surface area contributed by atoms with Gasteiger partial charge in [0.2, 0.25) is 4.67 Å². The first-order valence-corrected chi connectivity index (χ1v) is 5.54. The minimum Gasteiger partial charge on any atom is -0.349 e. The molecule has 12 heavy (non-hydrogen) atoms. The normalized spacial score (nSPS) is 11.8. The zero-order valence-electron chi connectivity index (χ0n) is 6.15. The van der Waals surface area contributed by atoms with Gasteiger partial charge >= 0.3 is 0 Å². The smallest absolute Gasteiger partial charge is 0.264 e. The highest BCUT2D eigenvalue weighted by Gasteiger charge is 2.06. The van der Waals surface area contributed by atoms with Crippen molar-refractivity contribution in [3.63, 3.8) is 0 Å². The van der Waals surface area contributed by atoms with E-state index in [1.54, 1.807) is 0 Å². The van der Waals surface area contributed by atoms with Gasteiger partial charge in [0.25, 0.3) is 10.1 Å². The molecule has 0 spiro atoms. The average molecular weight is 256 g/mol. The summed E-state index contributed by atoms with van der Waals surface area (Å²) >= 11 is 3.02. The Bertz CT molecular complexity index is 357. The number of hydrogen-bond acceptors (Lipinski definition) is 5. The summed E-state index contributed by atoms with van der Waals surface area (Å²) in [5.74, 6) is 0. The van der Waals surface area contributed by atoms with Crippen LogP contribution in [0.5, 0.6) is 0 Å². The first kappa shape index (κ1) is 9.69. The fourth-order valence-electron chi connectivity index (χ4n) is 0.521. The van der Waals surface area contributed by atoms with Crippen LogP contribution in [0.3, 0.4) is 0 Å². The van der Waals surface area contributed by atoms with Crippen LogP contribution in [-0.4, -0.2) is 19.8 Å². The summed E-state index contributed by atoms with van der Waals surface area (Å²) in [6, 6.07) is 1.53. The summed E-state index contributed by atoms with van der Waals surface area (Å²) < 4.78 is 30.6. The van der Waals surface area contributed by atoms with Crippen molar-refractivity contribution in [1.82, 2.24) is 5.16 Å². The van der Waals surface area contributed by atoms with Gasteiger partial charge in [0.1, 0.15) is 12.3 Å². The van der Waals surface area contributed by atoms with Gasteiger partial charge < -0.3 is 4.52 Å². The molecule has 0 saturated carbocycles. The van der Waals surface area contributed by atoms with Gasteiger partial charge in [-0.1, -0.05) is 5.16 Å². The molecule has 0 unspecified atom stereocenters. The molecule has 1 aromatic heterocycles. The highest BCUT2D eigenvalue weighted by Crippen LogP contribution is 2.11. The zero-order chi connectivity index (χ0) is 9.19. The molecule has 0 aliphatic heterocycles. The maximum absolute atomic E-state index is 10.5. The average Bonchev–Trinajstić information content (AvgIpc) is 2.30. The van der Waals surface area contributed by atoms with Gasteiger partial charge in [-0.2, -0.15) is 8.42 Å². The molecule has 1 aromatic rings. The number of rotatable bonds is 3. The van der Waals surface area contributed by atoms with Crippen LogP contribution in [0.1, 0.15) is 5.69 Å². The summed E-state index contributed by atoms with van der Waals surface area (Å²) in [7, 11) is -3.41. The summed E-state index contributed by atoms with van der Waals surface area (Å²) in [6.45, 7) is -0.103. The fraction of sp³-hybridized carbons (Fsp3) is 0.400. The van der Waals surface area contributed by atoms with Gasteiger partial charge in [-0.15, -0.1) is 0 Å². The van der Waals surface area contributed by atoms with Crippen molar-refractivity contribution in [2.45, 2.75) is 6.61 Å². The molecular weight excluding hydrogens is 250 g/mol. The molecule has 1 rings (SSSR count). The quantitative estimate of drug-likeness (QED) is 0.752. The third kappa shape index (κ3) is 3.33. The highest BCUT2D eigenvalue weighted by molar-refractivity contribution is 9.10. The van der Waals surface area contributed by atoms with Gasteiger partial charge in [-0.05, 0) is 15.9 Å². The van der Waals surface area contributed by atoms with Gasteiger partial charge in [-0.25, -0.2) is 0 Å². The van der Waals surface area contributed by atoms with Crippen molar-refractivity contribution in [1.29, 1.82) is 0 Å². The van der Waals surface area contributed by atoms with Crippen molar-refractivity contribution in [3.05, 3.63) is 16.4 Å². The maximum Gasteiger partial charge on any atom is 0.264 e. The Hall–Kier alpha value is -0.400. The molecule has 7 heteroatoms. The van der Waals surface area contributed by atoms with E-state index in [4.69, 9.17) is 0 Å². The molecule has 0 saturated heterocycles. The van der Waals surface area contributed by atoms with Crippen molar-refractivity contribution in [2.24, 2.45) is 0 Å². The predicted octanol–water partition coefficient (Wildman–Crippen LogP) is 0.913. The van der Waals surface area contributed by atoms with Crippen LogP contribution in [0.15, 0.2) is 15.3 Å². The number of hydrogen-bond donors (Lipinski definition) is 0. The van der Waals surface area contributed by atoms with Crippen LogP contribution in [-0.2, 0) is 20.9 Å². The van der Waals surface area contributed by atoms with Crippen LogP contribution in [0.4, 0.5) is 0 Å². The third-order valence-corrected chi connectivity index (χ3v) is 1.87. The minimum atomic E-state index is -3.41. The Balaban J connectivity index is 2.55. The lowest BCUT2D eigenvalue weighted by Crippen LogP contribution is -2.02. The molecule has 5 nitrogen and oxygen atoms in total. The lowest BCUT2D eigenvalue weighted by Gasteiger charge is -1.94. The topological polar surface area (TPSA) is 69.4 Å². The molecule has 0 radical (unpaired) electrons. The van der Waals surface area contributed by atoms with Crippen molar-refractivity contribution < 1.29 is 17.1 Å². The molecule has 0 aromatic carbocycles. The Morgan fingerprint density at radius 3 is 2.83 bits per heavy atom. The molecule has 0 fully saturated rings. The van der Waals surface area contributed by atoms with Crippen molar-refractivity contribution in [3.8, 4) is 0 Å². The van der Waals surface area contributed by atoms with E-state index in [9.17, 15) is 8.42 Å². The molecule has 0 aliphatic carbocycles. The Morgan fingerprint density at radius 2 is 2.42 bits per heavy atom. The Kier molecular flexibility index (Phi) is 2.86. The van der Waals surface area contributed by atoms with E-state index in [1.807, 2.05) is 0 Å². The summed E-state index contributed by atoms with van der Waals surface area (Å²) in [5.41, 5.74) is 0.423. The lowest BCUT2D eigenvalue weighted by atomic mass is 10.5. The predicted molar refractivity (Wildman–Crippen MR) is 43.8 cm³/mol. The SMILES string of the molecule is CS(=O)(=O)OCc1cc(Br)on1. The molecule has 0 N–H and O–H groups in total. The molecular formula is C5H6BrNO4S. The number of aromatic nitrogens is 1. The first-order valence-electron chi connectivity index (χ1n) is 2.93. The van der Waals surface area contributed by atoms with Crippen LogP contribution in [0.25, 0.3) is 0 Å². The summed E-state index contributed by atoms with van der Waals surface area (Å²) in [4.78, 5) is 0. The van der Waals surface area contributed by atoms with Crippen molar-refractivity contribution >= 4 is 26.0 Å². The second-order valence-corrected chi connectivity index (χ2v) is 4.51. The molecule has 0 atom stereocenters. The maximum atomic E-state index is 10.5. The minimum absolute atomic E-state index is 0.103. The van der Waals surface area contributed by atoms with E-state index in [0.29, 0.717) is 10.4 Å². The van der Waals surface area contributed by atoms with E-state index >= 15 is 0 Å². The van der Waals surface area contributed by atoms with Crippen LogP contribution in [0, 0.1) is 0 Å². The molecule has 68 valence electrons. The first-order chi connectivity index (χ1) is 5.47. The number of halogens is 1. The lowest BCUT2D eigenvalue weighted by molar-refractivity contribution is 0.294. The zero-order valence-corrected chi connectivity index (χ0v) is 8.55.